The Morgan fingerprint density at radius 3 is 2.17 bits per heavy atom. The molecule has 0 aliphatic heterocycles. The number of halogens is 1. The normalized spacial score (nSPS) is 11.6. The minimum atomic E-state index is -0.322. The molecule has 0 saturated heterocycles. The molecule has 0 aromatic heterocycles. The van der Waals surface area contributed by atoms with Gasteiger partial charge in [0, 0.05) is 15.8 Å². The van der Waals surface area contributed by atoms with Crippen LogP contribution in [0.1, 0.15) is 12.5 Å². The molecule has 2 amide bonds. The van der Waals surface area contributed by atoms with Crippen LogP contribution in [0.4, 0.5) is 11.4 Å². The summed E-state index contributed by atoms with van der Waals surface area (Å²) < 4.78 is 0.954. The lowest BCUT2D eigenvalue weighted by atomic mass is 10.2. The number of thioether (sulfide) groups is 1. The van der Waals surface area contributed by atoms with E-state index < -0.39 is 0 Å². The van der Waals surface area contributed by atoms with Crippen LogP contribution in [0.3, 0.4) is 0 Å². The summed E-state index contributed by atoms with van der Waals surface area (Å²) in [6, 6.07) is 15.0. The van der Waals surface area contributed by atoms with Crippen LogP contribution in [0.25, 0.3) is 0 Å². The highest BCUT2D eigenvalue weighted by Crippen LogP contribution is 2.17. The van der Waals surface area contributed by atoms with Gasteiger partial charge in [-0.15, -0.1) is 11.8 Å². The van der Waals surface area contributed by atoms with E-state index in [0.29, 0.717) is 0 Å². The summed E-state index contributed by atoms with van der Waals surface area (Å²) in [5.41, 5.74) is 2.64. The van der Waals surface area contributed by atoms with Crippen LogP contribution in [0.5, 0.6) is 0 Å². The first kappa shape index (κ1) is 18.5. The van der Waals surface area contributed by atoms with Gasteiger partial charge in [0.05, 0.1) is 11.0 Å². The molecule has 0 heterocycles. The Balaban J connectivity index is 1.77. The molecule has 6 heteroatoms. The Hall–Kier alpha value is -1.79. The molecule has 0 aliphatic rings. The van der Waals surface area contributed by atoms with Gasteiger partial charge in [-0.1, -0.05) is 33.6 Å². The van der Waals surface area contributed by atoms with Crippen LogP contribution < -0.4 is 10.6 Å². The first-order chi connectivity index (χ1) is 11.4. The first-order valence-electron chi connectivity index (χ1n) is 7.48. The van der Waals surface area contributed by atoms with Gasteiger partial charge in [-0.05, 0) is 50.2 Å². The summed E-state index contributed by atoms with van der Waals surface area (Å²) in [7, 11) is 0. The number of carbonyl (C=O) groups is 2. The molecule has 2 rings (SSSR count). The smallest absolute Gasteiger partial charge is 0.237 e. The van der Waals surface area contributed by atoms with Gasteiger partial charge in [-0.2, -0.15) is 0 Å². The summed E-state index contributed by atoms with van der Waals surface area (Å²) in [5, 5.41) is 5.34. The molecule has 0 radical (unpaired) electrons. The number of hydrogen-bond donors (Lipinski definition) is 2. The van der Waals surface area contributed by atoms with Gasteiger partial charge in [-0.25, -0.2) is 0 Å². The van der Waals surface area contributed by atoms with Crippen molar-refractivity contribution in [2.24, 2.45) is 0 Å². The zero-order valence-electron chi connectivity index (χ0n) is 13.5. The topological polar surface area (TPSA) is 58.2 Å². The maximum absolute atomic E-state index is 12.1. The predicted octanol–water partition coefficient (Wildman–Crippen LogP) is 4.46. The highest BCUT2D eigenvalue weighted by molar-refractivity contribution is 9.10. The van der Waals surface area contributed by atoms with Gasteiger partial charge in [0.15, 0.2) is 0 Å². The van der Waals surface area contributed by atoms with Gasteiger partial charge in [-0.3, -0.25) is 9.59 Å². The molecular weight excluding hydrogens is 388 g/mol. The number of rotatable bonds is 6. The second-order valence-corrected chi connectivity index (χ2v) is 7.61. The van der Waals surface area contributed by atoms with Crippen molar-refractivity contribution < 1.29 is 9.59 Å². The maximum Gasteiger partial charge on any atom is 0.237 e. The average molecular weight is 407 g/mol. The minimum absolute atomic E-state index is 0.118. The Bertz CT molecular complexity index is 702. The summed E-state index contributed by atoms with van der Waals surface area (Å²) >= 11 is 4.66. The molecule has 0 spiro atoms. The van der Waals surface area contributed by atoms with Crippen LogP contribution in [-0.4, -0.2) is 22.8 Å². The minimum Gasteiger partial charge on any atom is -0.325 e. The van der Waals surface area contributed by atoms with Crippen molar-refractivity contribution in [3.63, 3.8) is 0 Å². The van der Waals surface area contributed by atoms with E-state index in [0.717, 1.165) is 21.4 Å². The van der Waals surface area contributed by atoms with Crippen LogP contribution in [0, 0.1) is 6.92 Å². The molecule has 4 nitrogen and oxygen atoms in total. The number of benzene rings is 2. The van der Waals surface area contributed by atoms with Gasteiger partial charge in [0.2, 0.25) is 11.8 Å². The lowest BCUT2D eigenvalue weighted by Gasteiger charge is -2.12. The second kappa shape index (κ2) is 8.89. The Morgan fingerprint density at radius 1 is 1.00 bits per heavy atom. The zero-order chi connectivity index (χ0) is 17.5. The standard InChI is InChI=1S/C18H19BrN2O2S/c1-12-3-7-15(8-4-12)20-17(22)11-24-13(2)18(23)21-16-9-5-14(19)6-10-16/h3-10,13H,11H2,1-2H3,(H,20,22)(H,21,23)/t13-/m0/s1. The van der Waals surface area contributed by atoms with Gasteiger partial charge in [0.1, 0.15) is 0 Å². The van der Waals surface area contributed by atoms with Crippen LogP contribution in [0.2, 0.25) is 0 Å². The van der Waals surface area contributed by atoms with E-state index in [1.54, 1.807) is 6.92 Å². The number of nitrogens with one attached hydrogen (secondary N) is 2. The number of carbonyl (C=O) groups excluding carboxylic acids is 2. The fraction of sp³-hybridized carbons (Fsp3) is 0.222. The van der Waals surface area contributed by atoms with Crippen molar-refractivity contribution >= 4 is 50.9 Å². The van der Waals surface area contributed by atoms with Crippen molar-refractivity contribution in [1.29, 1.82) is 0 Å². The van der Waals surface area contributed by atoms with E-state index in [9.17, 15) is 9.59 Å². The first-order valence-corrected chi connectivity index (χ1v) is 9.33. The van der Waals surface area contributed by atoms with Gasteiger partial charge < -0.3 is 10.6 Å². The van der Waals surface area contributed by atoms with Gasteiger partial charge >= 0.3 is 0 Å². The van der Waals surface area contributed by atoms with E-state index in [1.165, 1.54) is 11.8 Å². The third-order valence-electron chi connectivity index (χ3n) is 3.28. The molecule has 24 heavy (non-hydrogen) atoms. The van der Waals surface area contributed by atoms with E-state index >= 15 is 0 Å². The molecular formula is C18H19BrN2O2S. The Morgan fingerprint density at radius 2 is 1.54 bits per heavy atom. The molecule has 0 bridgehead atoms. The fourth-order valence-electron chi connectivity index (χ4n) is 1.89. The highest BCUT2D eigenvalue weighted by Gasteiger charge is 2.15. The molecule has 2 N–H and O–H groups in total. The quantitative estimate of drug-likeness (QED) is 0.744. The van der Waals surface area contributed by atoms with E-state index in [4.69, 9.17) is 0 Å². The summed E-state index contributed by atoms with van der Waals surface area (Å²) in [4.78, 5) is 24.1. The van der Waals surface area contributed by atoms with Crippen molar-refractivity contribution in [2.45, 2.75) is 19.1 Å². The highest BCUT2D eigenvalue weighted by atomic mass is 79.9. The summed E-state index contributed by atoms with van der Waals surface area (Å²) in [6.07, 6.45) is 0. The third-order valence-corrected chi connectivity index (χ3v) is 4.95. The third kappa shape index (κ3) is 6.02. The SMILES string of the molecule is Cc1ccc(NC(=O)CS[C@@H](C)C(=O)Nc2ccc(Br)cc2)cc1. The monoisotopic (exact) mass is 406 g/mol. The van der Waals surface area contributed by atoms with Crippen molar-refractivity contribution in [1.82, 2.24) is 0 Å². The number of hydrogen-bond acceptors (Lipinski definition) is 3. The van der Waals surface area contributed by atoms with Crippen LogP contribution in [0.15, 0.2) is 53.0 Å². The fourth-order valence-corrected chi connectivity index (χ4v) is 2.84. The molecule has 0 saturated carbocycles. The lowest BCUT2D eigenvalue weighted by molar-refractivity contribution is -0.115. The lowest BCUT2D eigenvalue weighted by Crippen LogP contribution is -2.25. The van der Waals surface area contributed by atoms with E-state index in [2.05, 4.69) is 26.6 Å². The average Bonchev–Trinajstić information content (AvgIpc) is 2.57. The van der Waals surface area contributed by atoms with Crippen molar-refractivity contribution in [3.8, 4) is 0 Å². The van der Waals surface area contributed by atoms with Gasteiger partial charge in [0.25, 0.3) is 0 Å². The molecule has 0 fully saturated rings. The Labute approximate surface area is 154 Å². The van der Waals surface area contributed by atoms with Crippen LogP contribution >= 0.6 is 27.7 Å². The van der Waals surface area contributed by atoms with E-state index in [-0.39, 0.29) is 22.8 Å². The Kier molecular flexibility index (Phi) is 6.87. The molecule has 0 unspecified atom stereocenters. The molecule has 1 atom stereocenters. The zero-order valence-corrected chi connectivity index (χ0v) is 15.9. The molecule has 2 aromatic carbocycles. The maximum atomic E-state index is 12.1. The number of anilines is 2. The molecule has 126 valence electrons. The van der Waals surface area contributed by atoms with E-state index in [1.807, 2.05) is 55.5 Å². The summed E-state index contributed by atoms with van der Waals surface area (Å²) in [6.45, 7) is 3.78. The van der Waals surface area contributed by atoms with Crippen molar-refractivity contribution in [3.05, 3.63) is 58.6 Å². The van der Waals surface area contributed by atoms with Crippen LogP contribution in [-0.2, 0) is 9.59 Å². The second-order valence-electron chi connectivity index (χ2n) is 5.36. The number of amides is 2. The molecule has 2 aromatic rings. The largest absolute Gasteiger partial charge is 0.325 e. The predicted molar refractivity (Wildman–Crippen MR) is 105 cm³/mol. The van der Waals surface area contributed by atoms with Crippen molar-refractivity contribution in [2.75, 3.05) is 16.4 Å². The summed E-state index contributed by atoms with van der Waals surface area (Å²) in [5.74, 6) is -0.0133. The number of aryl methyl sites for hydroxylation is 1. The molecule has 0 aliphatic carbocycles.